The van der Waals surface area contributed by atoms with Crippen molar-refractivity contribution in [2.45, 2.75) is 26.6 Å². The van der Waals surface area contributed by atoms with Crippen molar-refractivity contribution in [3.05, 3.63) is 52.1 Å². The number of nitro benzene ring substituents is 1. The molecule has 0 spiro atoms. The lowest BCUT2D eigenvalue weighted by atomic mass is 10.1. The van der Waals surface area contributed by atoms with Crippen LogP contribution in [0, 0.1) is 10.1 Å². The molecular weight excluding hydrogens is 368 g/mol. The van der Waals surface area contributed by atoms with Crippen LogP contribution < -0.4 is 14.4 Å². The fourth-order valence-corrected chi connectivity index (χ4v) is 2.69. The molecule has 1 heterocycles. The fraction of sp³-hybridized carbons (Fsp3) is 0.263. The first-order chi connectivity index (χ1) is 13.1. The minimum atomic E-state index is -1.13. The summed E-state index contributed by atoms with van der Waals surface area (Å²) in [6.45, 7) is 4.53. The second kappa shape index (κ2) is 6.84. The number of carbonyl (C=O) groups is 2. The highest BCUT2D eigenvalue weighted by Gasteiger charge is 2.36. The van der Waals surface area contributed by atoms with Gasteiger partial charge in [-0.05, 0) is 24.3 Å². The summed E-state index contributed by atoms with van der Waals surface area (Å²) in [6, 6.07) is 8.78. The summed E-state index contributed by atoms with van der Waals surface area (Å²) in [5.41, 5.74) is 0.0285. The summed E-state index contributed by atoms with van der Waals surface area (Å²) >= 11 is 0. The number of cyclic esters (lactones) is 1. The van der Waals surface area contributed by atoms with E-state index in [1.165, 1.54) is 43.1 Å². The van der Waals surface area contributed by atoms with E-state index in [2.05, 4.69) is 0 Å². The molecule has 146 valence electrons. The Balaban J connectivity index is 2.02. The van der Waals surface area contributed by atoms with Crippen LogP contribution in [0.4, 0.5) is 11.4 Å². The van der Waals surface area contributed by atoms with Gasteiger partial charge in [0.15, 0.2) is 0 Å². The average molecular weight is 386 g/mol. The van der Waals surface area contributed by atoms with Crippen LogP contribution in [0.25, 0.3) is 0 Å². The van der Waals surface area contributed by atoms with Gasteiger partial charge in [0.05, 0.1) is 10.6 Å². The Morgan fingerprint density at radius 1 is 1.18 bits per heavy atom. The Morgan fingerprint density at radius 2 is 1.89 bits per heavy atom. The summed E-state index contributed by atoms with van der Waals surface area (Å²) in [6.07, 6.45) is 0. The molecule has 1 aliphatic rings. The fourth-order valence-electron chi connectivity index (χ4n) is 2.69. The van der Waals surface area contributed by atoms with Gasteiger partial charge in [0.25, 0.3) is 0 Å². The molecule has 0 aliphatic carbocycles. The second-order valence-electron chi connectivity index (χ2n) is 6.61. The van der Waals surface area contributed by atoms with Gasteiger partial charge in [-0.3, -0.25) is 14.9 Å². The van der Waals surface area contributed by atoms with Gasteiger partial charge >= 0.3 is 11.7 Å². The first-order valence-corrected chi connectivity index (χ1v) is 8.35. The molecule has 0 saturated carbocycles. The van der Waals surface area contributed by atoms with Crippen LogP contribution in [-0.4, -0.2) is 29.6 Å². The number of nitrogens with zero attached hydrogens (tertiary/aromatic N) is 2. The van der Waals surface area contributed by atoms with Crippen molar-refractivity contribution in [3.8, 4) is 17.2 Å². The van der Waals surface area contributed by atoms with E-state index in [-0.39, 0.29) is 34.4 Å². The minimum absolute atomic E-state index is 0.0426. The summed E-state index contributed by atoms with van der Waals surface area (Å²) < 4.78 is 16.5. The van der Waals surface area contributed by atoms with Crippen molar-refractivity contribution in [1.29, 1.82) is 0 Å². The predicted octanol–water partition coefficient (Wildman–Crippen LogP) is 3.66. The standard InChI is InChI=1S/C19H18N2O7/c1-11(22)20(4)12-8-9-14(13(10-12)21(24)25)26-15-6-5-7-16-17(15)18(23)28-19(2,3)27-16/h5-10H,1-4H3. The Kier molecular flexibility index (Phi) is 4.68. The summed E-state index contributed by atoms with van der Waals surface area (Å²) in [5.74, 6) is -1.83. The number of carbonyl (C=O) groups excluding carboxylic acids is 2. The van der Waals surface area contributed by atoms with Crippen molar-refractivity contribution in [2.75, 3.05) is 11.9 Å². The largest absolute Gasteiger partial charge is 0.452 e. The van der Waals surface area contributed by atoms with Gasteiger partial charge in [0.1, 0.15) is 17.1 Å². The molecule has 0 bridgehead atoms. The van der Waals surface area contributed by atoms with Gasteiger partial charge in [-0.1, -0.05) is 6.07 Å². The quantitative estimate of drug-likeness (QED) is 0.448. The molecule has 0 N–H and O–H groups in total. The van der Waals surface area contributed by atoms with Crippen LogP contribution >= 0.6 is 0 Å². The van der Waals surface area contributed by atoms with Crippen LogP contribution in [0.2, 0.25) is 0 Å². The van der Waals surface area contributed by atoms with E-state index < -0.39 is 16.7 Å². The molecule has 0 unspecified atom stereocenters. The summed E-state index contributed by atoms with van der Waals surface area (Å²) in [7, 11) is 1.50. The molecule has 0 radical (unpaired) electrons. The Bertz CT molecular complexity index is 984. The monoisotopic (exact) mass is 386 g/mol. The third-order valence-corrected chi connectivity index (χ3v) is 4.11. The zero-order valence-electron chi connectivity index (χ0n) is 15.7. The first-order valence-electron chi connectivity index (χ1n) is 8.35. The van der Waals surface area contributed by atoms with E-state index in [1.54, 1.807) is 26.0 Å². The number of esters is 1. The molecule has 1 amide bonds. The van der Waals surface area contributed by atoms with E-state index in [0.29, 0.717) is 5.69 Å². The number of nitro groups is 1. The molecule has 28 heavy (non-hydrogen) atoms. The molecule has 0 saturated heterocycles. The molecule has 9 heteroatoms. The highest BCUT2D eigenvalue weighted by Crippen LogP contribution is 2.41. The second-order valence-corrected chi connectivity index (χ2v) is 6.61. The molecule has 0 aromatic heterocycles. The Hall–Kier alpha value is -3.62. The lowest BCUT2D eigenvalue weighted by Gasteiger charge is -2.32. The van der Waals surface area contributed by atoms with Gasteiger partial charge in [0.2, 0.25) is 17.4 Å². The van der Waals surface area contributed by atoms with Gasteiger partial charge < -0.3 is 19.1 Å². The number of rotatable bonds is 4. The highest BCUT2D eigenvalue weighted by atomic mass is 16.7. The molecule has 3 rings (SSSR count). The van der Waals surface area contributed by atoms with Crippen molar-refractivity contribution in [3.63, 3.8) is 0 Å². The van der Waals surface area contributed by atoms with Crippen LogP contribution in [0.15, 0.2) is 36.4 Å². The number of fused-ring (bicyclic) bond motifs is 1. The SMILES string of the molecule is CC(=O)N(C)c1ccc(Oc2cccc3c2C(=O)OC(C)(C)O3)c([N+](=O)[O-])c1. The third kappa shape index (κ3) is 3.59. The smallest absolute Gasteiger partial charge is 0.349 e. The number of hydrogen-bond donors (Lipinski definition) is 0. The van der Waals surface area contributed by atoms with Crippen molar-refractivity contribution in [2.24, 2.45) is 0 Å². The van der Waals surface area contributed by atoms with Crippen molar-refractivity contribution in [1.82, 2.24) is 0 Å². The maximum Gasteiger partial charge on any atom is 0.349 e. The maximum atomic E-state index is 12.4. The van der Waals surface area contributed by atoms with E-state index in [0.717, 1.165) is 0 Å². The van der Waals surface area contributed by atoms with Gasteiger partial charge in [0, 0.05) is 33.9 Å². The molecule has 9 nitrogen and oxygen atoms in total. The van der Waals surface area contributed by atoms with E-state index >= 15 is 0 Å². The normalized spacial score (nSPS) is 14.4. The molecular formula is C19H18N2O7. The minimum Gasteiger partial charge on any atom is -0.452 e. The maximum absolute atomic E-state index is 12.4. The van der Waals surface area contributed by atoms with Crippen LogP contribution in [-0.2, 0) is 9.53 Å². The van der Waals surface area contributed by atoms with Gasteiger partial charge in [-0.15, -0.1) is 0 Å². The zero-order chi connectivity index (χ0) is 20.6. The lowest BCUT2D eigenvalue weighted by molar-refractivity contribution is -0.385. The molecule has 0 atom stereocenters. The van der Waals surface area contributed by atoms with E-state index in [1.807, 2.05) is 0 Å². The lowest BCUT2D eigenvalue weighted by Crippen LogP contribution is -2.38. The number of hydrogen-bond acceptors (Lipinski definition) is 7. The van der Waals surface area contributed by atoms with Crippen molar-refractivity contribution >= 4 is 23.3 Å². The Labute approximate surface area is 160 Å². The number of amides is 1. The van der Waals surface area contributed by atoms with Crippen molar-refractivity contribution < 1.29 is 28.7 Å². The average Bonchev–Trinajstić information content (AvgIpc) is 2.59. The Morgan fingerprint density at radius 3 is 2.54 bits per heavy atom. The van der Waals surface area contributed by atoms with E-state index in [4.69, 9.17) is 14.2 Å². The number of benzene rings is 2. The van der Waals surface area contributed by atoms with Crippen LogP contribution in [0.1, 0.15) is 31.1 Å². The van der Waals surface area contributed by atoms with Crippen LogP contribution in [0.5, 0.6) is 17.2 Å². The van der Waals surface area contributed by atoms with Crippen LogP contribution in [0.3, 0.4) is 0 Å². The van der Waals surface area contributed by atoms with Gasteiger partial charge in [-0.25, -0.2) is 4.79 Å². The number of ether oxygens (including phenoxy) is 3. The number of anilines is 1. The molecule has 0 fully saturated rings. The topological polar surface area (TPSA) is 108 Å². The van der Waals surface area contributed by atoms with E-state index in [9.17, 15) is 19.7 Å². The zero-order valence-corrected chi connectivity index (χ0v) is 15.7. The molecule has 2 aromatic carbocycles. The molecule has 1 aliphatic heterocycles. The van der Waals surface area contributed by atoms with Gasteiger partial charge in [-0.2, -0.15) is 0 Å². The molecule has 2 aromatic rings. The highest BCUT2D eigenvalue weighted by molar-refractivity contribution is 5.97. The summed E-state index contributed by atoms with van der Waals surface area (Å²) in [5, 5.41) is 11.5. The predicted molar refractivity (Wildman–Crippen MR) is 98.8 cm³/mol. The first kappa shape index (κ1) is 19.2. The third-order valence-electron chi connectivity index (χ3n) is 4.11. The summed E-state index contributed by atoms with van der Waals surface area (Å²) in [4.78, 5) is 36.0.